The first-order chi connectivity index (χ1) is 13.6. The van der Waals surface area contributed by atoms with Crippen LogP contribution in [0.15, 0.2) is 42.5 Å². The Labute approximate surface area is 166 Å². The van der Waals surface area contributed by atoms with Gasteiger partial charge in [0.25, 0.3) is 0 Å². The zero-order chi connectivity index (χ0) is 19.9. The molecule has 2 aromatic rings. The van der Waals surface area contributed by atoms with Gasteiger partial charge < -0.3 is 18.9 Å². The monoisotopic (exact) mass is 384 g/mol. The Morgan fingerprint density at radius 3 is 2.61 bits per heavy atom. The summed E-state index contributed by atoms with van der Waals surface area (Å²) in [6, 6.07) is 13.7. The van der Waals surface area contributed by atoms with E-state index in [1.54, 1.807) is 20.3 Å². The molecule has 0 radical (unpaired) electrons. The van der Waals surface area contributed by atoms with Crippen LogP contribution < -0.4 is 9.47 Å². The lowest BCUT2D eigenvalue weighted by Crippen LogP contribution is -2.26. The van der Waals surface area contributed by atoms with Gasteiger partial charge in [-0.05, 0) is 43.4 Å². The van der Waals surface area contributed by atoms with Gasteiger partial charge in [0.15, 0.2) is 0 Å². The van der Waals surface area contributed by atoms with Crippen LogP contribution in [0.3, 0.4) is 0 Å². The van der Waals surface area contributed by atoms with E-state index in [4.69, 9.17) is 18.9 Å². The normalized spacial score (nSPS) is 20.0. The molecule has 0 bridgehead atoms. The van der Waals surface area contributed by atoms with Crippen LogP contribution in [0.4, 0.5) is 0 Å². The maximum atomic E-state index is 12.8. The fourth-order valence-corrected chi connectivity index (χ4v) is 3.59. The minimum Gasteiger partial charge on any atom is -0.497 e. The summed E-state index contributed by atoms with van der Waals surface area (Å²) < 4.78 is 22.6. The van der Waals surface area contributed by atoms with Crippen molar-refractivity contribution < 1.29 is 23.7 Å². The summed E-state index contributed by atoms with van der Waals surface area (Å²) in [7, 11) is 3.16. The van der Waals surface area contributed by atoms with Crippen molar-refractivity contribution in [2.45, 2.75) is 51.4 Å². The van der Waals surface area contributed by atoms with E-state index in [0.29, 0.717) is 30.1 Å². The number of carbonyl (C=O) groups excluding carboxylic acids is 1. The van der Waals surface area contributed by atoms with Gasteiger partial charge in [0.2, 0.25) is 0 Å². The number of hydrogen-bond acceptors (Lipinski definition) is 5. The van der Waals surface area contributed by atoms with Gasteiger partial charge >= 0.3 is 5.97 Å². The zero-order valence-corrected chi connectivity index (χ0v) is 16.8. The molecule has 28 heavy (non-hydrogen) atoms. The Kier molecular flexibility index (Phi) is 6.93. The highest BCUT2D eigenvalue weighted by atomic mass is 16.5. The molecule has 5 heteroatoms. The molecule has 0 unspecified atom stereocenters. The summed E-state index contributed by atoms with van der Waals surface area (Å²) in [6.07, 6.45) is 3.00. The van der Waals surface area contributed by atoms with Crippen LogP contribution in [-0.4, -0.2) is 32.4 Å². The number of rotatable bonds is 5. The fourth-order valence-electron chi connectivity index (χ4n) is 3.59. The largest absolute Gasteiger partial charge is 0.497 e. The standard InChI is InChI=1S/C23H28O5/c1-16-12-19(27-15-17-8-5-4-6-9-17)11-7-10-18-13-20(25-2)14-21(26-3)22(18)23(24)28-16/h4-6,8-9,13-14,16,19H,7,10-12,15H2,1-3H3/t16-,19-/m1/s1. The van der Waals surface area contributed by atoms with Crippen molar-refractivity contribution in [1.82, 2.24) is 0 Å². The van der Waals surface area contributed by atoms with Gasteiger partial charge in [0.05, 0.1) is 26.9 Å². The minimum absolute atomic E-state index is 0.0389. The molecule has 3 rings (SSSR count). The molecule has 0 saturated carbocycles. The summed E-state index contributed by atoms with van der Waals surface area (Å²) in [4.78, 5) is 12.8. The Balaban J connectivity index is 1.77. The second kappa shape index (κ2) is 9.60. The van der Waals surface area contributed by atoms with E-state index < -0.39 is 0 Å². The van der Waals surface area contributed by atoms with Crippen molar-refractivity contribution in [3.05, 3.63) is 59.2 Å². The number of carbonyl (C=O) groups is 1. The number of fused-ring (bicyclic) bond motifs is 1. The van der Waals surface area contributed by atoms with E-state index in [0.717, 1.165) is 30.4 Å². The quantitative estimate of drug-likeness (QED) is 0.708. The maximum Gasteiger partial charge on any atom is 0.342 e. The summed E-state index contributed by atoms with van der Waals surface area (Å²) in [5.74, 6) is 0.806. The second-order valence-corrected chi connectivity index (χ2v) is 7.13. The third kappa shape index (κ3) is 5.04. The number of ether oxygens (including phenoxy) is 4. The van der Waals surface area contributed by atoms with Gasteiger partial charge in [0.1, 0.15) is 23.2 Å². The lowest BCUT2D eigenvalue weighted by Gasteiger charge is -2.25. The molecule has 0 spiro atoms. The van der Waals surface area contributed by atoms with E-state index >= 15 is 0 Å². The summed E-state index contributed by atoms with van der Waals surface area (Å²) >= 11 is 0. The number of hydrogen-bond donors (Lipinski definition) is 0. The first kappa shape index (κ1) is 20.2. The Bertz CT molecular complexity index is 787. The number of aryl methyl sites for hydroxylation is 1. The maximum absolute atomic E-state index is 12.8. The molecule has 0 saturated heterocycles. The summed E-state index contributed by atoms with van der Waals surface area (Å²) in [5, 5.41) is 0. The zero-order valence-electron chi connectivity index (χ0n) is 16.8. The lowest BCUT2D eigenvalue weighted by molar-refractivity contribution is -0.0133. The minimum atomic E-state index is -0.356. The van der Waals surface area contributed by atoms with Crippen LogP contribution in [0.5, 0.6) is 11.5 Å². The second-order valence-electron chi connectivity index (χ2n) is 7.13. The molecular formula is C23H28O5. The Morgan fingerprint density at radius 2 is 1.89 bits per heavy atom. The van der Waals surface area contributed by atoms with Crippen LogP contribution >= 0.6 is 0 Å². The number of esters is 1. The van der Waals surface area contributed by atoms with Gasteiger partial charge in [-0.3, -0.25) is 0 Å². The predicted octanol–water partition coefficient (Wildman–Crippen LogP) is 4.56. The molecule has 0 aliphatic carbocycles. The van der Waals surface area contributed by atoms with Crippen LogP contribution in [0.25, 0.3) is 0 Å². The van der Waals surface area contributed by atoms with Gasteiger partial charge in [0, 0.05) is 12.5 Å². The SMILES string of the molecule is COc1cc2c(c(OC)c1)C(=O)O[C@H](C)C[C@H](OCc1ccccc1)CCC2. The van der Waals surface area contributed by atoms with Crippen molar-refractivity contribution >= 4 is 5.97 Å². The van der Waals surface area contributed by atoms with Gasteiger partial charge in [-0.15, -0.1) is 0 Å². The van der Waals surface area contributed by atoms with Crippen LogP contribution in [0.1, 0.15) is 47.7 Å². The third-order valence-corrected chi connectivity index (χ3v) is 5.02. The fraction of sp³-hybridized carbons (Fsp3) is 0.435. The highest BCUT2D eigenvalue weighted by Gasteiger charge is 2.25. The van der Waals surface area contributed by atoms with Crippen LogP contribution in [-0.2, 0) is 22.5 Å². The summed E-state index contributed by atoms with van der Waals surface area (Å²) in [6.45, 7) is 2.47. The molecule has 2 aromatic carbocycles. The first-order valence-electron chi connectivity index (χ1n) is 9.72. The van der Waals surface area contributed by atoms with Crippen LogP contribution in [0, 0.1) is 0 Å². The smallest absolute Gasteiger partial charge is 0.342 e. The molecule has 0 aromatic heterocycles. The van der Waals surface area contributed by atoms with Crippen molar-refractivity contribution in [1.29, 1.82) is 0 Å². The Hall–Kier alpha value is -2.53. The molecule has 0 N–H and O–H groups in total. The number of cyclic esters (lactones) is 1. The van der Waals surface area contributed by atoms with Crippen LogP contribution in [0.2, 0.25) is 0 Å². The van der Waals surface area contributed by atoms with Crippen molar-refractivity contribution in [3.63, 3.8) is 0 Å². The van der Waals surface area contributed by atoms with Gasteiger partial charge in [-0.1, -0.05) is 30.3 Å². The molecule has 1 aliphatic heterocycles. The molecular weight excluding hydrogens is 356 g/mol. The third-order valence-electron chi connectivity index (χ3n) is 5.02. The average Bonchev–Trinajstić information content (AvgIpc) is 2.71. The molecule has 5 nitrogen and oxygen atoms in total. The molecule has 0 fully saturated rings. The number of methoxy groups -OCH3 is 2. The van der Waals surface area contributed by atoms with E-state index in [1.807, 2.05) is 31.2 Å². The van der Waals surface area contributed by atoms with E-state index in [2.05, 4.69) is 12.1 Å². The first-order valence-corrected chi connectivity index (χ1v) is 9.72. The molecule has 0 amide bonds. The highest BCUT2D eigenvalue weighted by molar-refractivity contribution is 5.94. The molecule has 2 atom stereocenters. The summed E-state index contributed by atoms with van der Waals surface area (Å²) in [5.41, 5.74) is 2.53. The van der Waals surface area contributed by atoms with Crippen molar-refractivity contribution in [2.24, 2.45) is 0 Å². The van der Waals surface area contributed by atoms with E-state index in [9.17, 15) is 4.79 Å². The van der Waals surface area contributed by atoms with E-state index in [1.165, 1.54) is 0 Å². The molecule has 1 aliphatic rings. The van der Waals surface area contributed by atoms with Gasteiger partial charge in [-0.25, -0.2) is 4.79 Å². The Morgan fingerprint density at radius 1 is 1.11 bits per heavy atom. The average molecular weight is 384 g/mol. The topological polar surface area (TPSA) is 54.0 Å². The molecule has 150 valence electrons. The van der Waals surface area contributed by atoms with Crippen molar-refractivity contribution in [2.75, 3.05) is 14.2 Å². The highest BCUT2D eigenvalue weighted by Crippen LogP contribution is 2.32. The van der Waals surface area contributed by atoms with Crippen molar-refractivity contribution in [3.8, 4) is 11.5 Å². The number of benzene rings is 2. The predicted molar refractivity (Wildman–Crippen MR) is 107 cm³/mol. The lowest BCUT2D eigenvalue weighted by atomic mass is 9.97. The van der Waals surface area contributed by atoms with Gasteiger partial charge in [-0.2, -0.15) is 0 Å². The van der Waals surface area contributed by atoms with E-state index in [-0.39, 0.29) is 18.2 Å². The molecule has 1 heterocycles.